The second-order valence-electron chi connectivity index (χ2n) is 6.90. The fourth-order valence-corrected chi connectivity index (χ4v) is 3.85. The van der Waals surface area contributed by atoms with Gasteiger partial charge in [-0.3, -0.25) is 4.79 Å². The standard InChI is InChI=1S/C25H20ClIN2O3/c1-16-7-9-20(10-8-16)29-25(30)19(14-28)11-17-12-22(27)24(23(13-17)31-2)32-15-18-5-3-4-6-21(18)26/h3-13H,15H2,1-2H3,(H,29,30)/b19-11-. The highest BCUT2D eigenvalue weighted by atomic mass is 127. The van der Waals surface area contributed by atoms with Crippen LogP contribution in [0.25, 0.3) is 6.08 Å². The summed E-state index contributed by atoms with van der Waals surface area (Å²) in [6.07, 6.45) is 1.52. The number of nitrogens with one attached hydrogen (secondary N) is 1. The number of benzene rings is 3. The molecule has 0 unspecified atom stereocenters. The lowest BCUT2D eigenvalue weighted by atomic mass is 10.1. The molecule has 0 aliphatic carbocycles. The van der Waals surface area contributed by atoms with Gasteiger partial charge in [-0.25, -0.2) is 0 Å². The Morgan fingerprint density at radius 2 is 1.91 bits per heavy atom. The summed E-state index contributed by atoms with van der Waals surface area (Å²) in [5, 5.41) is 12.9. The van der Waals surface area contributed by atoms with Crippen LogP contribution in [0.1, 0.15) is 16.7 Å². The largest absolute Gasteiger partial charge is 0.493 e. The minimum absolute atomic E-state index is 0.0202. The molecule has 0 aromatic heterocycles. The molecular formula is C25H20ClIN2O3. The van der Waals surface area contributed by atoms with Crippen LogP contribution in [0.3, 0.4) is 0 Å². The number of ether oxygens (including phenoxy) is 2. The molecule has 1 amide bonds. The van der Waals surface area contributed by atoms with Gasteiger partial charge in [0, 0.05) is 16.3 Å². The van der Waals surface area contributed by atoms with E-state index in [9.17, 15) is 10.1 Å². The number of amides is 1. The maximum atomic E-state index is 12.6. The fraction of sp³-hybridized carbons (Fsp3) is 0.120. The first kappa shape index (κ1) is 23.6. The van der Waals surface area contributed by atoms with Gasteiger partial charge in [0.15, 0.2) is 11.5 Å². The lowest BCUT2D eigenvalue weighted by Crippen LogP contribution is -2.13. The highest BCUT2D eigenvalue weighted by Crippen LogP contribution is 2.35. The Hall–Kier alpha value is -3.02. The van der Waals surface area contributed by atoms with Gasteiger partial charge < -0.3 is 14.8 Å². The lowest BCUT2D eigenvalue weighted by molar-refractivity contribution is -0.112. The Morgan fingerprint density at radius 3 is 2.56 bits per heavy atom. The zero-order valence-electron chi connectivity index (χ0n) is 17.5. The molecule has 0 heterocycles. The molecule has 0 saturated heterocycles. The van der Waals surface area contributed by atoms with Gasteiger partial charge in [-0.2, -0.15) is 5.26 Å². The van der Waals surface area contributed by atoms with Crippen molar-refractivity contribution >= 4 is 51.9 Å². The third-order valence-corrected chi connectivity index (χ3v) is 5.74. The monoisotopic (exact) mass is 558 g/mol. The molecule has 0 fully saturated rings. The van der Waals surface area contributed by atoms with Gasteiger partial charge in [0.1, 0.15) is 18.2 Å². The van der Waals surface area contributed by atoms with E-state index in [-0.39, 0.29) is 12.2 Å². The Kier molecular flexibility index (Phi) is 8.14. The molecule has 3 rings (SSSR count). The molecule has 1 N–H and O–H groups in total. The predicted octanol–water partition coefficient (Wildman–Crippen LogP) is 6.39. The third-order valence-electron chi connectivity index (χ3n) is 4.57. The van der Waals surface area contributed by atoms with Crippen LogP contribution in [0, 0.1) is 21.8 Å². The van der Waals surface area contributed by atoms with E-state index in [4.69, 9.17) is 21.1 Å². The fourth-order valence-electron chi connectivity index (χ4n) is 2.88. The van der Waals surface area contributed by atoms with Crippen molar-refractivity contribution in [2.24, 2.45) is 0 Å². The van der Waals surface area contributed by atoms with E-state index in [2.05, 4.69) is 27.9 Å². The molecule has 3 aromatic carbocycles. The molecule has 0 aliphatic rings. The SMILES string of the molecule is COc1cc(/C=C(/C#N)C(=O)Nc2ccc(C)cc2)cc(I)c1OCc1ccccc1Cl. The van der Waals surface area contributed by atoms with Crippen LogP contribution in [0.4, 0.5) is 5.69 Å². The number of nitriles is 1. The molecule has 0 saturated carbocycles. The number of aryl methyl sites for hydroxylation is 1. The summed E-state index contributed by atoms with van der Waals surface area (Å²) in [7, 11) is 1.54. The van der Waals surface area contributed by atoms with E-state index < -0.39 is 5.91 Å². The zero-order valence-corrected chi connectivity index (χ0v) is 20.4. The molecule has 0 spiro atoms. The van der Waals surface area contributed by atoms with Gasteiger partial charge in [0.2, 0.25) is 0 Å². The number of rotatable bonds is 7. The molecular weight excluding hydrogens is 539 g/mol. The van der Waals surface area contributed by atoms with Crippen LogP contribution in [0.2, 0.25) is 5.02 Å². The van der Waals surface area contributed by atoms with Crippen LogP contribution in [-0.2, 0) is 11.4 Å². The summed E-state index contributed by atoms with van der Waals surface area (Å²) in [5.74, 6) is 0.573. The van der Waals surface area contributed by atoms with Gasteiger partial charge >= 0.3 is 0 Å². The number of anilines is 1. The number of nitrogens with zero attached hydrogens (tertiary/aromatic N) is 1. The van der Waals surface area contributed by atoms with Crippen molar-refractivity contribution in [3.05, 3.63) is 91.5 Å². The number of carbonyl (C=O) groups is 1. The molecule has 0 atom stereocenters. The van der Waals surface area contributed by atoms with Gasteiger partial charge in [-0.1, -0.05) is 47.5 Å². The summed E-state index contributed by atoms with van der Waals surface area (Å²) in [6.45, 7) is 2.24. The summed E-state index contributed by atoms with van der Waals surface area (Å²) >= 11 is 8.34. The Labute approximate surface area is 205 Å². The van der Waals surface area contributed by atoms with Crippen molar-refractivity contribution in [2.45, 2.75) is 13.5 Å². The smallest absolute Gasteiger partial charge is 0.266 e. The molecule has 7 heteroatoms. The van der Waals surface area contributed by atoms with Crippen LogP contribution in [0.5, 0.6) is 11.5 Å². The second-order valence-corrected chi connectivity index (χ2v) is 8.47. The van der Waals surface area contributed by atoms with Crippen molar-refractivity contribution in [3.63, 3.8) is 0 Å². The maximum absolute atomic E-state index is 12.6. The average molecular weight is 559 g/mol. The summed E-state index contributed by atoms with van der Waals surface area (Å²) in [4.78, 5) is 12.6. The lowest BCUT2D eigenvalue weighted by Gasteiger charge is -2.14. The molecule has 0 bridgehead atoms. The highest BCUT2D eigenvalue weighted by Gasteiger charge is 2.15. The average Bonchev–Trinajstić information content (AvgIpc) is 2.78. The zero-order chi connectivity index (χ0) is 23.1. The molecule has 162 valence electrons. The number of hydrogen-bond donors (Lipinski definition) is 1. The number of halogens is 2. The predicted molar refractivity (Wildman–Crippen MR) is 135 cm³/mol. The molecule has 0 aliphatic heterocycles. The van der Waals surface area contributed by atoms with E-state index in [1.165, 1.54) is 13.2 Å². The van der Waals surface area contributed by atoms with Gasteiger partial charge in [0.05, 0.1) is 10.7 Å². The summed E-state index contributed by atoms with van der Waals surface area (Å²) < 4.78 is 12.2. The van der Waals surface area contributed by atoms with E-state index in [1.807, 2.05) is 49.4 Å². The van der Waals surface area contributed by atoms with Crippen LogP contribution in [-0.4, -0.2) is 13.0 Å². The van der Waals surface area contributed by atoms with Crippen LogP contribution in [0.15, 0.2) is 66.2 Å². The van der Waals surface area contributed by atoms with Gasteiger partial charge in [-0.15, -0.1) is 0 Å². The Bertz CT molecular complexity index is 1200. The summed E-state index contributed by atoms with van der Waals surface area (Å²) in [6, 6.07) is 20.3. The van der Waals surface area contributed by atoms with Gasteiger partial charge in [0.25, 0.3) is 5.91 Å². The van der Waals surface area contributed by atoms with E-state index in [1.54, 1.807) is 24.3 Å². The molecule has 0 radical (unpaired) electrons. The first-order valence-corrected chi connectivity index (χ1v) is 11.1. The van der Waals surface area contributed by atoms with E-state index in [0.717, 1.165) is 14.7 Å². The minimum Gasteiger partial charge on any atom is -0.493 e. The molecule has 3 aromatic rings. The quantitative estimate of drug-likeness (QED) is 0.207. The van der Waals surface area contributed by atoms with Gasteiger partial charge in [-0.05, 0) is 71.5 Å². The Morgan fingerprint density at radius 1 is 1.19 bits per heavy atom. The topological polar surface area (TPSA) is 71.3 Å². The first-order chi connectivity index (χ1) is 15.4. The molecule has 5 nitrogen and oxygen atoms in total. The highest BCUT2D eigenvalue weighted by molar-refractivity contribution is 14.1. The van der Waals surface area contributed by atoms with E-state index >= 15 is 0 Å². The minimum atomic E-state index is -0.482. The van der Waals surface area contributed by atoms with Crippen LogP contribution < -0.4 is 14.8 Å². The van der Waals surface area contributed by atoms with Crippen molar-refractivity contribution in [3.8, 4) is 17.6 Å². The number of carbonyl (C=O) groups excluding carboxylic acids is 1. The second kappa shape index (κ2) is 11.0. The number of methoxy groups -OCH3 is 1. The first-order valence-electron chi connectivity index (χ1n) is 9.65. The third kappa shape index (κ3) is 6.02. The van der Waals surface area contributed by atoms with Crippen molar-refractivity contribution in [2.75, 3.05) is 12.4 Å². The van der Waals surface area contributed by atoms with Crippen molar-refractivity contribution < 1.29 is 14.3 Å². The summed E-state index contributed by atoms with van der Waals surface area (Å²) in [5.41, 5.74) is 3.19. The number of hydrogen-bond acceptors (Lipinski definition) is 4. The maximum Gasteiger partial charge on any atom is 0.266 e. The van der Waals surface area contributed by atoms with Crippen molar-refractivity contribution in [1.82, 2.24) is 0 Å². The normalized spacial score (nSPS) is 10.9. The Balaban J connectivity index is 1.82. The van der Waals surface area contributed by atoms with Crippen LogP contribution >= 0.6 is 34.2 Å². The van der Waals surface area contributed by atoms with Crippen molar-refractivity contribution in [1.29, 1.82) is 5.26 Å². The molecule has 32 heavy (non-hydrogen) atoms. The van der Waals surface area contributed by atoms with E-state index in [0.29, 0.717) is 27.8 Å².